The topological polar surface area (TPSA) is 109 Å². The van der Waals surface area contributed by atoms with E-state index >= 15 is 0 Å². The van der Waals surface area contributed by atoms with Gasteiger partial charge in [0, 0.05) is 46.2 Å². The van der Waals surface area contributed by atoms with E-state index in [0.29, 0.717) is 11.2 Å². The normalized spacial score (nSPS) is 15.2. The van der Waals surface area contributed by atoms with Crippen molar-refractivity contribution in [1.29, 1.82) is 0 Å². The Morgan fingerprint density at radius 3 is 2.20 bits per heavy atom. The summed E-state index contributed by atoms with van der Waals surface area (Å²) >= 11 is 14.2. The van der Waals surface area contributed by atoms with Gasteiger partial charge in [0.25, 0.3) is 10.0 Å². The van der Waals surface area contributed by atoms with Gasteiger partial charge in [-0.15, -0.1) is 10.2 Å². The molecule has 0 aliphatic carbocycles. The van der Waals surface area contributed by atoms with Crippen LogP contribution in [0.1, 0.15) is 20.8 Å². The van der Waals surface area contributed by atoms with E-state index in [2.05, 4.69) is 15.1 Å². The number of halogens is 2. The fourth-order valence-corrected chi connectivity index (χ4v) is 8.33. The second-order valence-electron chi connectivity index (χ2n) is 10.8. The molecule has 1 aliphatic heterocycles. The molecule has 0 bridgehead atoms. The maximum Gasteiger partial charge on any atom is 0.328 e. The molecule has 1 saturated heterocycles. The molecular formula is C28H29Cl2N5O4S2. The number of aliphatic carboxylic acids is 1. The molecule has 5 rings (SSSR count). The van der Waals surface area contributed by atoms with Gasteiger partial charge in [-0.25, -0.2) is 13.2 Å². The molecule has 1 N–H and O–H groups in total. The van der Waals surface area contributed by atoms with E-state index in [1.54, 1.807) is 39.0 Å². The van der Waals surface area contributed by atoms with Crippen LogP contribution in [-0.4, -0.2) is 64.9 Å². The van der Waals surface area contributed by atoms with Crippen molar-refractivity contribution < 1.29 is 18.3 Å². The lowest BCUT2D eigenvalue weighted by atomic mass is 9.86. The van der Waals surface area contributed by atoms with Gasteiger partial charge in [-0.3, -0.25) is 8.87 Å². The highest BCUT2D eigenvalue weighted by Crippen LogP contribution is 2.37. The lowest BCUT2D eigenvalue weighted by molar-refractivity contribution is -0.140. The zero-order valence-corrected chi connectivity index (χ0v) is 25.8. The minimum Gasteiger partial charge on any atom is -0.480 e. The third-order valence-electron chi connectivity index (χ3n) is 6.83. The summed E-state index contributed by atoms with van der Waals surface area (Å²) in [6, 6.07) is 13.2. The van der Waals surface area contributed by atoms with Crippen LogP contribution in [0.15, 0.2) is 65.7 Å². The Bertz CT molecular complexity index is 1680. The maximum atomic E-state index is 14.1. The first-order valence-electron chi connectivity index (χ1n) is 12.9. The van der Waals surface area contributed by atoms with Gasteiger partial charge in [0.05, 0.1) is 16.1 Å². The van der Waals surface area contributed by atoms with E-state index in [1.165, 1.54) is 18.2 Å². The van der Waals surface area contributed by atoms with Gasteiger partial charge in [0.1, 0.15) is 6.04 Å². The van der Waals surface area contributed by atoms with Crippen LogP contribution in [0, 0.1) is 5.41 Å². The average Bonchev–Trinajstić information content (AvgIpc) is 3.34. The van der Waals surface area contributed by atoms with Crippen molar-refractivity contribution in [2.75, 3.05) is 33.8 Å². The van der Waals surface area contributed by atoms with Gasteiger partial charge in [0.2, 0.25) is 0 Å². The second kappa shape index (κ2) is 11.4. The highest BCUT2D eigenvalue weighted by atomic mass is 35.5. The third-order valence-corrected chi connectivity index (χ3v) is 9.98. The Balaban J connectivity index is 1.58. The number of carboxylic acid groups (broad SMARTS) is 1. The Hall–Kier alpha value is -2.99. The van der Waals surface area contributed by atoms with Crippen molar-refractivity contribution in [1.82, 2.24) is 14.8 Å². The molecule has 1 atom stereocenters. The van der Waals surface area contributed by atoms with Crippen molar-refractivity contribution in [2.45, 2.75) is 31.7 Å². The number of fused-ring (bicyclic) bond motifs is 1. The lowest BCUT2D eigenvalue weighted by Gasteiger charge is -2.37. The molecule has 3 heterocycles. The number of nitrogens with zero attached hydrogens (tertiary/aromatic N) is 5. The summed E-state index contributed by atoms with van der Waals surface area (Å²) in [6.45, 7) is 6.90. The minimum atomic E-state index is -4.41. The highest BCUT2D eigenvalue weighted by molar-refractivity contribution is 7.99. The first-order chi connectivity index (χ1) is 19.4. The number of sulfonamides is 1. The fraction of sp³-hybridized carbons (Fsp3) is 0.321. The number of benzene rings is 2. The molecule has 2 aromatic carbocycles. The molecule has 216 valence electrons. The predicted octanol–water partition coefficient (Wildman–Crippen LogP) is 5.98. The second-order valence-corrected chi connectivity index (χ2v) is 14.7. The zero-order chi connectivity index (χ0) is 29.5. The van der Waals surface area contributed by atoms with Gasteiger partial charge in [-0.1, -0.05) is 44.0 Å². The van der Waals surface area contributed by atoms with Gasteiger partial charge in [0.15, 0.2) is 11.6 Å². The summed E-state index contributed by atoms with van der Waals surface area (Å²) in [5, 5.41) is 20.1. The monoisotopic (exact) mass is 633 g/mol. The summed E-state index contributed by atoms with van der Waals surface area (Å²) in [6.07, 6.45) is 1.82. The molecule has 13 heteroatoms. The summed E-state index contributed by atoms with van der Waals surface area (Å²) in [4.78, 5) is 14.6. The molecule has 1 fully saturated rings. The molecular weight excluding hydrogens is 605 g/mol. The Morgan fingerprint density at radius 2 is 1.61 bits per heavy atom. The van der Waals surface area contributed by atoms with Crippen molar-refractivity contribution >= 4 is 73.4 Å². The number of anilines is 2. The Kier molecular flexibility index (Phi) is 8.17. The molecule has 1 unspecified atom stereocenters. The van der Waals surface area contributed by atoms with Crippen LogP contribution in [0.2, 0.25) is 10.0 Å². The largest absolute Gasteiger partial charge is 0.480 e. The quantitative estimate of drug-likeness (QED) is 0.265. The predicted molar refractivity (Wildman–Crippen MR) is 165 cm³/mol. The van der Waals surface area contributed by atoms with Crippen molar-refractivity contribution in [3.63, 3.8) is 0 Å². The summed E-state index contributed by atoms with van der Waals surface area (Å²) in [7, 11) is -4.41. The highest BCUT2D eigenvalue weighted by Gasteiger charge is 2.43. The molecule has 4 aromatic rings. The maximum absolute atomic E-state index is 14.1. The van der Waals surface area contributed by atoms with E-state index < -0.39 is 27.4 Å². The number of thioether (sulfide) groups is 1. The van der Waals surface area contributed by atoms with Crippen molar-refractivity contribution in [2.24, 2.45) is 5.41 Å². The lowest BCUT2D eigenvalue weighted by Crippen LogP contribution is -2.52. The third kappa shape index (κ3) is 5.99. The summed E-state index contributed by atoms with van der Waals surface area (Å²) < 4.78 is 30.9. The van der Waals surface area contributed by atoms with Gasteiger partial charge >= 0.3 is 5.97 Å². The molecule has 1 aliphatic rings. The SMILES string of the molecule is CC(C)(C)C(C(=O)O)N(c1ccc2c(ccn2-c2ccc(N3CCSCC3)nn2)c1)S(=O)(=O)c1cc(Cl)cc(Cl)c1. The molecule has 2 aromatic heterocycles. The van der Waals surface area contributed by atoms with Crippen molar-refractivity contribution in [3.05, 3.63) is 70.8 Å². The first kappa shape index (κ1) is 29.5. The van der Waals surface area contributed by atoms with E-state index in [-0.39, 0.29) is 20.6 Å². The van der Waals surface area contributed by atoms with Gasteiger partial charge < -0.3 is 10.0 Å². The zero-order valence-electron chi connectivity index (χ0n) is 22.7. The van der Waals surface area contributed by atoms with Gasteiger partial charge in [-0.05, 0) is 60.0 Å². The molecule has 0 amide bonds. The number of carboxylic acids is 1. The molecule has 41 heavy (non-hydrogen) atoms. The van der Waals surface area contributed by atoms with Crippen molar-refractivity contribution in [3.8, 4) is 5.82 Å². The summed E-state index contributed by atoms with van der Waals surface area (Å²) in [5.74, 6) is 2.27. The Labute approximate surface area is 253 Å². The van der Waals surface area contributed by atoms with Crippen LogP contribution < -0.4 is 9.21 Å². The molecule has 0 radical (unpaired) electrons. The van der Waals surface area contributed by atoms with Crippen LogP contribution in [0.4, 0.5) is 11.5 Å². The van der Waals surface area contributed by atoms with Crippen LogP contribution in [0.25, 0.3) is 16.7 Å². The van der Waals surface area contributed by atoms with Crippen LogP contribution >= 0.6 is 35.0 Å². The summed E-state index contributed by atoms with van der Waals surface area (Å²) in [5.41, 5.74) is -0.0129. The van der Waals surface area contributed by atoms with E-state index in [9.17, 15) is 18.3 Å². The van der Waals surface area contributed by atoms with Crippen LogP contribution in [0.3, 0.4) is 0 Å². The fourth-order valence-electron chi connectivity index (χ4n) is 4.91. The smallest absolute Gasteiger partial charge is 0.328 e. The van der Waals surface area contributed by atoms with E-state index in [1.807, 2.05) is 40.7 Å². The molecule has 9 nitrogen and oxygen atoms in total. The number of carbonyl (C=O) groups is 1. The minimum absolute atomic E-state index is 0.123. The van der Waals surface area contributed by atoms with Crippen LogP contribution in [0.5, 0.6) is 0 Å². The van der Waals surface area contributed by atoms with E-state index in [0.717, 1.165) is 40.2 Å². The number of rotatable bonds is 7. The average molecular weight is 635 g/mol. The number of aromatic nitrogens is 3. The Morgan fingerprint density at radius 1 is 0.976 bits per heavy atom. The number of hydrogen-bond donors (Lipinski definition) is 1. The first-order valence-corrected chi connectivity index (χ1v) is 16.2. The molecule has 0 saturated carbocycles. The standard InChI is InChI=1S/C28H29Cl2N5O4S2/c1-28(2,3)26(27(36)37)35(41(38,39)22-16-19(29)15-20(30)17-22)21-4-5-23-18(14-21)8-9-34(23)25-7-6-24(31-32-25)33-10-12-40-13-11-33/h4-9,14-17,26H,10-13H2,1-3H3,(H,36,37). The van der Waals surface area contributed by atoms with E-state index in [4.69, 9.17) is 23.2 Å². The molecule has 0 spiro atoms. The van der Waals surface area contributed by atoms with Gasteiger partial charge in [-0.2, -0.15) is 11.8 Å². The van der Waals surface area contributed by atoms with Crippen LogP contribution in [-0.2, 0) is 14.8 Å². The number of hydrogen-bond acceptors (Lipinski definition) is 7.